The molecule has 2 rings (SSSR count). The smallest absolute Gasteiger partial charge is 0.0894 e. The second kappa shape index (κ2) is 8.42. The number of aliphatic hydroxyl groups excluding tert-OH is 1. The lowest BCUT2D eigenvalue weighted by molar-refractivity contribution is 0.146. The zero-order valence-corrected chi connectivity index (χ0v) is 14.3. The van der Waals surface area contributed by atoms with E-state index in [4.69, 9.17) is 0 Å². The highest BCUT2D eigenvalue weighted by Gasteiger charge is 2.14. The molecule has 1 aromatic rings. The van der Waals surface area contributed by atoms with E-state index in [2.05, 4.69) is 30.9 Å². The summed E-state index contributed by atoms with van der Waals surface area (Å²) in [5.41, 5.74) is 0. The molecule has 1 aliphatic rings. The predicted octanol–water partition coefficient (Wildman–Crippen LogP) is 4.55. The van der Waals surface area contributed by atoms with Crippen molar-refractivity contribution in [2.75, 3.05) is 19.6 Å². The molecule has 2 nitrogen and oxygen atoms in total. The molecule has 1 unspecified atom stereocenters. The van der Waals surface area contributed by atoms with Crippen LogP contribution >= 0.6 is 23.1 Å². The van der Waals surface area contributed by atoms with Gasteiger partial charge in [0.1, 0.15) is 0 Å². The highest BCUT2D eigenvalue weighted by molar-refractivity contribution is 8.01. The molecule has 0 spiro atoms. The highest BCUT2D eigenvalue weighted by atomic mass is 32.2. The van der Waals surface area contributed by atoms with E-state index < -0.39 is 0 Å². The Kier molecular flexibility index (Phi) is 6.88. The molecule has 2 heterocycles. The average molecular weight is 314 g/mol. The maximum atomic E-state index is 10.3. The lowest BCUT2D eigenvalue weighted by Crippen LogP contribution is -2.26. The van der Waals surface area contributed by atoms with Crippen molar-refractivity contribution in [2.45, 2.75) is 61.5 Å². The molecule has 0 aliphatic carbocycles. The standard InChI is InChI=1S/C16H27NOS2/c1-13(2)19-16-8-7-15(20-16)14(18)9-12-17-10-5-3-4-6-11-17/h7-8,13-14,18H,3-6,9-12H2,1-2H3. The zero-order chi connectivity index (χ0) is 14.4. The van der Waals surface area contributed by atoms with Crippen molar-refractivity contribution in [2.24, 2.45) is 0 Å². The molecule has 0 bridgehead atoms. The van der Waals surface area contributed by atoms with Gasteiger partial charge in [0.2, 0.25) is 0 Å². The molecule has 114 valence electrons. The summed E-state index contributed by atoms with van der Waals surface area (Å²) >= 11 is 3.64. The summed E-state index contributed by atoms with van der Waals surface area (Å²) in [7, 11) is 0. The number of likely N-dealkylation sites (tertiary alicyclic amines) is 1. The summed E-state index contributed by atoms with van der Waals surface area (Å²) in [4.78, 5) is 3.65. The van der Waals surface area contributed by atoms with Gasteiger partial charge >= 0.3 is 0 Å². The third-order valence-corrected chi connectivity index (χ3v) is 6.06. The summed E-state index contributed by atoms with van der Waals surface area (Å²) in [5, 5.41) is 11.0. The maximum absolute atomic E-state index is 10.3. The van der Waals surface area contributed by atoms with Crippen LogP contribution in [-0.2, 0) is 0 Å². The van der Waals surface area contributed by atoms with Gasteiger partial charge in [0.05, 0.1) is 10.3 Å². The number of nitrogens with zero attached hydrogens (tertiary/aromatic N) is 1. The van der Waals surface area contributed by atoms with Gasteiger partial charge in [-0.25, -0.2) is 0 Å². The lowest BCUT2D eigenvalue weighted by Gasteiger charge is -2.21. The van der Waals surface area contributed by atoms with E-state index in [0.29, 0.717) is 5.25 Å². The first-order valence-corrected chi connectivity index (χ1v) is 9.51. The number of thiophene rings is 1. The minimum atomic E-state index is -0.287. The van der Waals surface area contributed by atoms with Crippen molar-refractivity contribution in [3.8, 4) is 0 Å². The largest absolute Gasteiger partial charge is 0.388 e. The van der Waals surface area contributed by atoms with Gasteiger partial charge in [-0.2, -0.15) is 0 Å². The Labute approximate surface area is 131 Å². The van der Waals surface area contributed by atoms with Gasteiger partial charge in [-0.1, -0.05) is 26.7 Å². The van der Waals surface area contributed by atoms with E-state index in [1.165, 1.54) is 43.0 Å². The zero-order valence-electron chi connectivity index (χ0n) is 12.7. The third-order valence-electron chi connectivity index (χ3n) is 3.70. The fourth-order valence-electron chi connectivity index (χ4n) is 2.62. The minimum absolute atomic E-state index is 0.287. The normalized spacial score (nSPS) is 19.2. The monoisotopic (exact) mass is 313 g/mol. The lowest BCUT2D eigenvalue weighted by atomic mass is 10.2. The number of hydrogen-bond acceptors (Lipinski definition) is 4. The van der Waals surface area contributed by atoms with E-state index in [-0.39, 0.29) is 6.10 Å². The summed E-state index contributed by atoms with van der Waals surface area (Å²) in [6.45, 7) is 7.88. The van der Waals surface area contributed by atoms with Gasteiger partial charge in [-0.3, -0.25) is 0 Å². The van der Waals surface area contributed by atoms with Crippen molar-refractivity contribution in [3.63, 3.8) is 0 Å². The Bertz CT molecular complexity index is 384. The summed E-state index contributed by atoms with van der Waals surface area (Å²) in [6.07, 6.45) is 5.98. The summed E-state index contributed by atoms with van der Waals surface area (Å²) in [6, 6.07) is 4.25. The van der Waals surface area contributed by atoms with Gasteiger partial charge in [-0.05, 0) is 44.5 Å². The first-order valence-electron chi connectivity index (χ1n) is 7.82. The van der Waals surface area contributed by atoms with E-state index in [1.54, 1.807) is 11.3 Å². The average Bonchev–Trinajstić information content (AvgIpc) is 2.71. The van der Waals surface area contributed by atoms with Crippen LogP contribution in [0, 0.1) is 0 Å². The molecule has 1 atom stereocenters. The first-order chi connectivity index (χ1) is 9.65. The third kappa shape index (κ3) is 5.40. The molecule has 1 aromatic heterocycles. The fourth-order valence-corrected chi connectivity index (χ4v) is 5.04. The number of thioether (sulfide) groups is 1. The SMILES string of the molecule is CC(C)Sc1ccc(C(O)CCN2CCCCCC2)s1. The van der Waals surface area contributed by atoms with Crippen LogP contribution in [0.25, 0.3) is 0 Å². The van der Waals surface area contributed by atoms with Crippen molar-refractivity contribution >= 4 is 23.1 Å². The van der Waals surface area contributed by atoms with Gasteiger partial charge in [0.15, 0.2) is 0 Å². The molecule has 20 heavy (non-hydrogen) atoms. The Hall–Kier alpha value is -0.0300. The molecule has 0 aromatic carbocycles. The van der Waals surface area contributed by atoms with Crippen molar-refractivity contribution < 1.29 is 5.11 Å². The molecule has 1 fully saturated rings. The Morgan fingerprint density at radius 1 is 1.20 bits per heavy atom. The van der Waals surface area contributed by atoms with Crippen LogP contribution in [0.4, 0.5) is 0 Å². The van der Waals surface area contributed by atoms with Crippen LogP contribution < -0.4 is 0 Å². The van der Waals surface area contributed by atoms with Crippen molar-refractivity contribution in [1.82, 2.24) is 4.90 Å². The second-order valence-electron chi connectivity index (χ2n) is 5.88. The Morgan fingerprint density at radius 3 is 2.55 bits per heavy atom. The van der Waals surface area contributed by atoms with E-state index >= 15 is 0 Å². The molecule has 1 saturated heterocycles. The molecular weight excluding hydrogens is 286 g/mol. The topological polar surface area (TPSA) is 23.5 Å². The second-order valence-corrected chi connectivity index (χ2v) is 8.88. The summed E-state index contributed by atoms with van der Waals surface area (Å²) in [5.74, 6) is 0. The van der Waals surface area contributed by atoms with Gasteiger partial charge < -0.3 is 10.0 Å². The number of aliphatic hydroxyl groups is 1. The van der Waals surface area contributed by atoms with Gasteiger partial charge in [0, 0.05) is 16.7 Å². The summed E-state index contributed by atoms with van der Waals surface area (Å²) < 4.78 is 1.32. The molecule has 4 heteroatoms. The fraction of sp³-hybridized carbons (Fsp3) is 0.750. The highest BCUT2D eigenvalue weighted by Crippen LogP contribution is 2.34. The van der Waals surface area contributed by atoms with Crippen LogP contribution in [-0.4, -0.2) is 34.9 Å². The predicted molar refractivity (Wildman–Crippen MR) is 89.8 cm³/mol. The van der Waals surface area contributed by atoms with Crippen LogP contribution in [0.2, 0.25) is 0 Å². The van der Waals surface area contributed by atoms with Gasteiger partial charge in [-0.15, -0.1) is 23.1 Å². The molecule has 0 saturated carbocycles. The quantitative estimate of drug-likeness (QED) is 0.780. The molecular formula is C16H27NOS2. The van der Waals surface area contributed by atoms with Crippen LogP contribution in [0.5, 0.6) is 0 Å². The Balaban J connectivity index is 1.78. The molecule has 0 amide bonds. The molecule has 0 radical (unpaired) electrons. The van der Waals surface area contributed by atoms with E-state index in [1.807, 2.05) is 11.8 Å². The van der Waals surface area contributed by atoms with Crippen molar-refractivity contribution in [1.29, 1.82) is 0 Å². The number of rotatable bonds is 6. The molecule has 1 aliphatic heterocycles. The van der Waals surface area contributed by atoms with Crippen LogP contribution in [0.15, 0.2) is 16.3 Å². The van der Waals surface area contributed by atoms with E-state index in [9.17, 15) is 5.11 Å². The maximum Gasteiger partial charge on any atom is 0.0894 e. The minimum Gasteiger partial charge on any atom is -0.388 e. The molecule has 1 N–H and O–H groups in total. The van der Waals surface area contributed by atoms with Gasteiger partial charge in [0.25, 0.3) is 0 Å². The number of hydrogen-bond donors (Lipinski definition) is 1. The first kappa shape index (κ1) is 16.3. The van der Waals surface area contributed by atoms with Crippen LogP contribution in [0.3, 0.4) is 0 Å². The Morgan fingerprint density at radius 2 is 1.90 bits per heavy atom. The van der Waals surface area contributed by atoms with E-state index in [0.717, 1.165) is 17.8 Å². The van der Waals surface area contributed by atoms with Crippen LogP contribution in [0.1, 0.15) is 56.9 Å². The van der Waals surface area contributed by atoms with Crippen molar-refractivity contribution in [3.05, 3.63) is 17.0 Å².